The van der Waals surface area contributed by atoms with Crippen LogP contribution >= 0.6 is 40.3 Å². The molecule has 0 aliphatic carbocycles. The van der Waals surface area contributed by atoms with E-state index in [1.165, 1.54) is 4.90 Å². The average molecular weight is 275 g/mol. The van der Waals surface area contributed by atoms with Gasteiger partial charge in [-0.1, -0.05) is 34.1 Å². The van der Waals surface area contributed by atoms with Gasteiger partial charge in [-0.05, 0) is 18.2 Å². The number of halogens is 1. The van der Waals surface area contributed by atoms with E-state index in [1.807, 2.05) is 12.1 Å². The highest BCUT2D eigenvalue weighted by Crippen LogP contribution is 2.23. The van der Waals surface area contributed by atoms with Gasteiger partial charge in [0, 0.05) is 20.9 Å². The molecule has 0 unspecified atom stereocenters. The first-order valence-corrected chi connectivity index (χ1v) is 6.29. The molecule has 0 nitrogen and oxygen atoms in total. The van der Waals surface area contributed by atoms with E-state index in [0.717, 1.165) is 21.6 Å². The lowest BCUT2D eigenvalue weighted by Gasteiger charge is -2.02. The lowest BCUT2D eigenvalue weighted by molar-refractivity contribution is 1.40. The molecule has 13 heavy (non-hydrogen) atoms. The second kappa shape index (κ2) is 5.78. The van der Waals surface area contributed by atoms with Gasteiger partial charge in [0.15, 0.2) is 0 Å². The first-order valence-electron chi connectivity index (χ1n) is 3.88. The van der Waals surface area contributed by atoms with Crippen molar-refractivity contribution >= 4 is 40.3 Å². The van der Waals surface area contributed by atoms with E-state index in [2.05, 4.69) is 47.3 Å². The molecule has 1 aromatic carbocycles. The Kier molecular flexibility index (Phi) is 4.99. The normalized spacial score (nSPS) is 10.0. The zero-order chi connectivity index (χ0) is 9.68. The molecule has 0 amide bonds. The topological polar surface area (TPSA) is 0 Å². The van der Waals surface area contributed by atoms with Crippen LogP contribution in [-0.2, 0) is 0 Å². The highest BCUT2D eigenvalue weighted by molar-refractivity contribution is 9.10. The van der Waals surface area contributed by atoms with Crippen molar-refractivity contribution in [2.24, 2.45) is 0 Å². The third-order valence-corrected chi connectivity index (χ3v) is 3.54. The molecule has 1 rings (SSSR count). The fourth-order valence-corrected chi connectivity index (χ4v) is 2.46. The Morgan fingerprint density at radius 3 is 2.92 bits per heavy atom. The second-order valence-corrected chi connectivity index (χ2v) is 4.93. The van der Waals surface area contributed by atoms with E-state index in [9.17, 15) is 0 Å². The molecular weight excluding hydrogens is 264 g/mol. The Labute approximate surface area is 97.3 Å². The molecule has 1 aromatic rings. The Morgan fingerprint density at radius 1 is 1.54 bits per heavy atom. The highest BCUT2D eigenvalue weighted by Gasteiger charge is 1.96. The summed E-state index contributed by atoms with van der Waals surface area (Å²) >= 11 is 9.38. The lowest BCUT2D eigenvalue weighted by atomic mass is 10.4. The minimum atomic E-state index is 0.765. The molecule has 0 fully saturated rings. The van der Waals surface area contributed by atoms with Crippen LogP contribution in [0.15, 0.2) is 45.8 Å². The fraction of sp³-hybridized carbons (Fsp3) is 0.200. The van der Waals surface area contributed by atoms with Crippen molar-refractivity contribution in [2.45, 2.75) is 4.90 Å². The molecule has 0 atom stereocenters. The van der Waals surface area contributed by atoms with Crippen LogP contribution in [-0.4, -0.2) is 11.5 Å². The van der Waals surface area contributed by atoms with Crippen molar-refractivity contribution in [1.29, 1.82) is 0 Å². The number of benzene rings is 1. The number of hydrogen-bond acceptors (Lipinski definition) is 2. The maximum Gasteiger partial charge on any atom is 0.0196 e. The molecule has 0 saturated heterocycles. The fourth-order valence-electron chi connectivity index (χ4n) is 0.788. The number of rotatable bonds is 4. The maximum absolute atomic E-state index is 4.16. The van der Waals surface area contributed by atoms with Gasteiger partial charge >= 0.3 is 0 Å². The van der Waals surface area contributed by atoms with Crippen LogP contribution < -0.4 is 0 Å². The number of thiol groups is 1. The molecule has 0 bridgehead atoms. The Balaban J connectivity index is 2.50. The van der Waals surface area contributed by atoms with E-state index in [4.69, 9.17) is 0 Å². The summed E-state index contributed by atoms with van der Waals surface area (Å²) in [6, 6.07) is 8.27. The Morgan fingerprint density at radius 2 is 2.31 bits per heavy atom. The monoisotopic (exact) mass is 274 g/mol. The summed E-state index contributed by atoms with van der Waals surface area (Å²) in [4.78, 5) is 1.26. The predicted molar refractivity (Wildman–Crippen MR) is 67.9 cm³/mol. The summed E-state index contributed by atoms with van der Waals surface area (Å²) in [5.74, 6) is 1.71. The van der Waals surface area contributed by atoms with Crippen molar-refractivity contribution < 1.29 is 0 Å². The van der Waals surface area contributed by atoms with E-state index in [1.54, 1.807) is 11.8 Å². The van der Waals surface area contributed by atoms with Crippen LogP contribution in [0.25, 0.3) is 0 Å². The van der Waals surface area contributed by atoms with Gasteiger partial charge in [0.2, 0.25) is 0 Å². The summed E-state index contributed by atoms with van der Waals surface area (Å²) < 4.78 is 1.12. The molecule has 0 aromatic heterocycles. The summed E-state index contributed by atoms with van der Waals surface area (Å²) in [6.07, 6.45) is 0. The molecule has 0 radical (unpaired) electrons. The van der Waals surface area contributed by atoms with Gasteiger partial charge in [-0.2, -0.15) is 12.6 Å². The quantitative estimate of drug-likeness (QED) is 0.492. The molecule has 0 aliphatic heterocycles. The van der Waals surface area contributed by atoms with Gasteiger partial charge in [-0.15, -0.1) is 11.8 Å². The van der Waals surface area contributed by atoms with E-state index in [-0.39, 0.29) is 0 Å². The SMILES string of the molecule is C=C(CS)CSc1cccc(Br)c1. The molecule has 3 heteroatoms. The van der Waals surface area contributed by atoms with Crippen molar-refractivity contribution in [2.75, 3.05) is 11.5 Å². The zero-order valence-electron chi connectivity index (χ0n) is 7.16. The Bertz CT molecular complexity index is 297. The molecule has 0 N–H and O–H groups in total. The lowest BCUT2D eigenvalue weighted by Crippen LogP contribution is -1.86. The van der Waals surface area contributed by atoms with Crippen LogP contribution in [0, 0.1) is 0 Å². The molecule has 70 valence electrons. The van der Waals surface area contributed by atoms with Crippen molar-refractivity contribution in [1.82, 2.24) is 0 Å². The second-order valence-electron chi connectivity index (χ2n) is 2.65. The van der Waals surface area contributed by atoms with E-state index < -0.39 is 0 Å². The van der Waals surface area contributed by atoms with Gasteiger partial charge in [-0.25, -0.2) is 0 Å². The third-order valence-electron chi connectivity index (χ3n) is 1.46. The van der Waals surface area contributed by atoms with Gasteiger partial charge in [-0.3, -0.25) is 0 Å². The first-order chi connectivity index (χ1) is 6.22. The molecule has 0 saturated carbocycles. The largest absolute Gasteiger partial charge is 0.175 e. The molecular formula is C10H11BrS2. The maximum atomic E-state index is 4.16. The van der Waals surface area contributed by atoms with Crippen LogP contribution in [0.3, 0.4) is 0 Å². The van der Waals surface area contributed by atoms with Crippen molar-refractivity contribution in [3.8, 4) is 0 Å². The van der Waals surface area contributed by atoms with Crippen molar-refractivity contribution in [3.63, 3.8) is 0 Å². The Hall–Kier alpha value is 0.140. The summed E-state index contributed by atoms with van der Waals surface area (Å²) in [5.41, 5.74) is 1.16. The molecule has 0 aliphatic rings. The van der Waals surface area contributed by atoms with E-state index >= 15 is 0 Å². The highest BCUT2D eigenvalue weighted by atomic mass is 79.9. The predicted octanol–water partition coefficient (Wildman–Crippen LogP) is 4.03. The summed E-state index contributed by atoms with van der Waals surface area (Å²) in [6.45, 7) is 3.90. The number of hydrogen-bond donors (Lipinski definition) is 1. The molecule has 0 spiro atoms. The third kappa shape index (κ3) is 4.25. The van der Waals surface area contributed by atoms with Gasteiger partial charge < -0.3 is 0 Å². The van der Waals surface area contributed by atoms with Crippen LogP contribution in [0.4, 0.5) is 0 Å². The molecule has 0 heterocycles. The standard InChI is InChI=1S/C10H11BrS2/c1-8(6-12)7-13-10-4-2-3-9(11)5-10/h2-5,12H,1,6-7H2. The summed E-state index contributed by atoms with van der Waals surface area (Å²) in [7, 11) is 0. The average Bonchev–Trinajstić information content (AvgIpc) is 2.14. The zero-order valence-corrected chi connectivity index (χ0v) is 10.5. The van der Waals surface area contributed by atoms with Gasteiger partial charge in [0.25, 0.3) is 0 Å². The minimum absolute atomic E-state index is 0.765. The van der Waals surface area contributed by atoms with Crippen LogP contribution in [0.2, 0.25) is 0 Å². The summed E-state index contributed by atoms with van der Waals surface area (Å²) in [5, 5.41) is 0. The van der Waals surface area contributed by atoms with E-state index in [0.29, 0.717) is 0 Å². The first kappa shape index (κ1) is 11.2. The van der Waals surface area contributed by atoms with Gasteiger partial charge in [0.05, 0.1) is 0 Å². The number of thioether (sulfide) groups is 1. The van der Waals surface area contributed by atoms with Gasteiger partial charge in [0.1, 0.15) is 0 Å². The van der Waals surface area contributed by atoms with Crippen molar-refractivity contribution in [3.05, 3.63) is 40.9 Å². The van der Waals surface area contributed by atoms with Crippen LogP contribution in [0.5, 0.6) is 0 Å². The smallest absolute Gasteiger partial charge is 0.0196 e. The van der Waals surface area contributed by atoms with Crippen LogP contribution in [0.1, 0.15) is 0 Å². The minimum Gasteiger partial charge on any atom is -0.175 e.